The predicted molar refractivity (Wildman–Crippen MR) is 118 cm³/mol. The summed E-state index contributed by atoms with van der Waals surface area (Å²) in [6, 6.07) is 10.8. The molecule has 1 heterocycles. The molecule has 0 bridgehead atoms. The maximum absolute atomic E-state index is 13.5. The molecule has 1 N–H and O–H groups in total. The molecule has 0 spiro atoms. The number of hydrazone groups is 1. The Morgan fingerprint density at radius 3 is 2.26 bits per heavy atom. The minimum Gasteiger partial charge on any atom is -0.497 e. The smallest absolute Gasteiger partial charge is 0.435 e. The van der Waals surface area contributed by atoms with E-state index in [1.807, 2.05) is 0 Å². The van der Waals surface area contributed by atoms with Crippen molar-refractivity contribution in [3.8, 4) is 28.5 Å². The molecule has 1 aromatic heterocycles. The lowest BCUT2D eigenvalue weighted by atomic mass is 10.1. The predicted octanol–water partition coefficient (Wildman–Crippen LogP) is 4.34. The van der Waals surface area contributed by atoms with E-state index in [1.54, 1.807) is 25.1 Å². The SMILES string of the molecule is CCOc1ccc(-c2nc(C(=O)NN=Cc3cc(OC)cc(OC)c3)cnc2C(F)(F)F)cc1. The van der Waals surface area contributed by atoms with Crippen LogP contribution in [-0.4, -0.2) is 42.9 Å². The molecule has 0 radical (unpaired) electrons. The van der Waals surface area contributed by atoms with E-state index in [0.29, 0.717) is 29.4 Å². The Bertz CT molecular complexity index is 1160. The third-order valence-corrected chi connectivity index (χ3v) is 4.47. The number of hydrogen-bond donors (Lipinski definition) is 1. The fourth-order valence-electron chi connectivity index (χ4n) is 2.91. The highest BCUT2D eigenvalue weighted by molar-refractivity contribution is 5.93. The van der Waals surface area contributed by atoms with Gasteiger partial charge in [0.15, 0.2) is 5.69 Å². The van der Waals surface area contributed by atoms with Gasteiger partial charge in [-0.2, -0.15) is 18.3 Å². The normalized spacial score (nSPS) is 11.4. The summed E-state index contributed by atoms with van der Waals surface area (Å²) in [5.41, 5.74) is 0.894. The molecule has 0 saturated heterocycles. The van der Waals surface area contributed by atoms with Crippen molar-refractivity contribution in [2.24, 2.45) is 5.10 Å². The quantitative estimate of drug-likeness (QED) is 0.386. The van der Waals surface area contributed by atoms with Gasteiger partial charge in [-0.1, -0.05) is 0 Å². The Labute approximate surface area is 193 Å². The molecule has 0 aliphatic carbocycles. The molecule has 11 heteroatoms. The fourth-order valence-corrected chi connectivity index (χ4v) is 2.91. The molecule has 8 nitrogen and oxygen atoms in total. The number of amides is 1. The van der Waals surface area contributed by atoms with Crippen molar-refractivity contribution in [1.82, 2.24) is 15.4 Å². The number of aromatic nitrogens is 2. The summed E-state index contributed by atoms with van der Waals surface area (Å²) in [5.74, 6) is 0.686. The number of hydrogen-bond acceptors (Lipinski definition) is 7. The van der Waals surface area contributed by atoms with Crippen LogP contribution in [0.4, 0.5) is 13.2 Å². The number of rotatable bonds is 8. The second-order valence-electron chi connectivity index (χ2n) is 6.75. The monoisotopic (exact) mass is 474 g/mol. The van der Waals surface area contributed by atoms with Gasteiger partial charge < -0.3 is 14.2 Å². The number of halogens is 3. The summed E-state index contributed by atoms with van der Waals surface area (Å²) in [6.07, 6.45) is -2.69. The maximum Gasteiger partial charge on any atom is 0.435 e. The van der Waals surface area contributed by atoms with Gasteiger partial charge in [0.05, 0.1) is 33.2 Å². The van der Waals surface area contributed by atoms with Gasteiger partial charge in [0.2, 0.25) is 0 Å². The first kappa shape index (κ1) is 24.5. The number of alkyl halides is 3. The zero-order chi connectivity index (χ0) is 24.7. The zero-order valence-electron chi connectivity index (χ0n) is 18.5. The third-order valence-electron chi connectivity index (χ3n) is 4.47. The molecule has 0 saturated carbocycles. The second-order valence-corrected chi connectivity index (χ2v) is 6.75. The molecule has 0 aliphatic rings. The molecule has 178 valence electrons. The van der Waals surface area contributed by atoms with E-state index >= 15 is 0 Å². The second kappa shape index (κ2) is 10.6. The minimum atomic E-state index is -4.76. The lowest BCUT2D eigenvalue weighted by molar-refractivity contribution is -0.140. The highest BCUT2D eigenvalue weighted by Gasteiger charge is 2.37. The van der Waals surface area contributed by atoms with Gasteiger partial charge in [0.25, 0.3) is 5.91 Å². The van der Waals surface area contributed by atoms with Gasteiger partial charge in [-0.05, 0) is 43.3 Å². The Morgan fingerprint density at radius 1 is 1.06 bits per heavy atom. The van der Waals surface area contributed by atoms with Crippen LogP contribution in [0.1, 0.15) is 28.7 Å². The van der Waals surface area contributed by atoms with Gasteiger partial charge in [0.1, 0.15) is 28.6 Å². The molecule has 2 aromatic carbocycles. The Balaban J connectivity index is 1.86. The fraction of sp³-hybridized carbons (Fsp3) is 0.217. The van der Waals surface area contributed by atoms with Crippen molar-refractivity contribution >= 4 is 12.1 Å². The Hall–Kier alpha value is -4.15. The molecule has 3 aromatic rings. The van der Waals surface area contributed by atoms with E-state index in [0.717, 1.165) is 6.20 Å². The number of nitrogens with zero attached hydrogens (tertiary/aromatic N) is 3. The van der Waals surface area contributed by atoms with Crippen LogP contribution >= 0.6 is 0 Å². The van der Waals surface area contributed by atoms with Gasteiger partial charge in [0, 0.05) is 17.2 Å². The number of carbonyl (C=O) groups excluding carboxylic acids is 1. The van der Waals surface area contributed by atoms with Crippen molar-refractivity contribution in [3.05, 3.63) is 65.6 Å². The summed E-state index contributed by atoms with van der Waals surface area (Å²) < 4.78 is 56.2. The van der Waals surface area contributed by atoms with E-state index in [1.165, 1.54) is 44.7 Å². The van der Waals surface area contributed by atoms with Crippen LogP contribution in [0.3, 0.4) is 0 Å². The third kappa shape index (κ3) is 6.00. The molecule has 0 atom stereocenters. The molecule has 3 rings (SSSR count). The van der Waals surface area contributed by atoms with Gasteiger partial charge in [-0.25, -0.2) is 15.4 Å². The summed E-state index contributed by atoms with van der Waals surface area (Å²) in [5, 5.41) is 3.83. The van der Waals surface area contributed by atoms with Crippen molar-refractivity contribution in [1.29, 1.82) is 0 Å². The molecule has 1 amide bonds. The highest BCUT2D eigenvalue weighted by Crippen LogP contribution is 2.35. The standard InChI is InChI=1S/C23H21F3N4O4/c1-4-34-16-7-5-15(6-8-16)20-21(23(24,25)26)27-13-19(29-20)22(31)30-28-12-14-9-17(32-2)11-18(10-14)33-3/h5-13H,4H2,1-3H3,(H,30,31). The first-order valence-corrected chi connectivity index (χ1v) is 9.99. The number of carbonyl (C=O) groups is 1. The maximum atomic E-state index is 13.5. The van der Waals surface area contributed by atoms with Crippen LogP contribution in [-0.2, 0) is 6.18 Å². The number of nitrogens with one attached hydrogen (secondary N) is 1. The van der Waals surface area contributed by atoms with Crippen LogP contribution in [0, 0.1) is 0 Å². The molecular formula is C23H21F3N4O4. The highest BCUT2D eigenvalue weighted by atomic mass is 19.4. The lowest BCUT2D eigenvalue weighted by Crippen LogP contribution is -2.21. The first-order chi connectivity index (χ1) is 16.2. The van der Waals surface area contributed by atoms with Crippen LogP contribution in [0.15, 0.2) is 53.8 Å². The zero-order valence-corrected chi connectivity index (χ0v) is 18.5. The molecular weight excluding hydrogens is 453 g/mol. The number of ether oxygens (including phenoxy) is 3. The van der Waals surface area contributed by atoms with E-state index in [-0.39, 0.29) is 11.3 Å². The molecule has 0 fully saturated rings. The molecule has 0 aliphatic heterocycles. The topological polar surface area (TPSA) is 94.9 Å². The van der Waals surface area contributed by atoms with Crippen LogP contribution in [0.25, 0.3) is 11.3 Å². The average molecular weight is 474 g/mol. The molecule has 34 heavy (non-hydrogen) atoms. The Kier molecular flexibility index (Phi) is 7.67. The van der Waals surface area contributed by atoms with E-state index in [4.69, 9.17) is 14.2 Å². The van der Waals surface area contributed by atoms with Crippen LogP contribution in [0.5, 0.6) is 17.2 Å². The van der Waals surface area contributed by atoms with Crippen LogP contribution < -0.4 is 19.6 Å². The largest absolute Gasteiger partial charge is 0.497 e. The van der Waals surface area contributed by atoms with Crippen molar-refractivity contribution in [3.63, 3.8) is 0 Å². The Morgan fingerprint density at radius 2 is 1.71 bits per heavy atom. The van der Waals surface area contributed by atoms with Gasteiger partial charge >= 0.3 is 6.18 Å². The van der Waals surface area contributed by atoms with Crippen molar-refractivity contribution in [2.45, 2.75) is 13.1 Å². The van der Waals surface area contributed by atoms with Gasteiger partial charge in [-0.15, -0.1) is 0 Å². The van der Waals surface area contributed by atoms with Crippen molar-refractivity contribution < 1.29 is 32.2 Å². The summed E-state index contributed by atoms with van der Waals surface area (Å²) in [7, 11) is 2.98. The summed E-state index contributed by atoms with van der Waals surface area (Å²) >= 11 is 0. The van der Waals surface area contributed by atoms with Gasteiger partial charge in [-0.3, -0.25) is 4.79 Å². The number of methoxy groups -OCH3 is 2. The summed E-state index contributed by atoms with van der Waals surface area (Å²) in [6.45, 7) is 2.20. The molecule has 0 unspecified atom stereocenters. The summed E-state index contributed by atoms with van der Waals surface area (Å²) in [4.78, 5) is 19.9. The van der Waals surface area contributed by atoms with Crippen molar-refractivity contribution in [2.75, 3.05) is 20.8 Å². The minimum absolute atomic E-state index is 0.130. The number of benzene rings is 2. The average Bonchev–Trinajstić information content (AvgIpc) is 2.83. The van der Waals surface area contributed by atoms with E-state index < -0.39 is 23.5 Å². The van der Waals surface area contributed by atoms with E-state index in [9.17, 15) is 18.0 Å². The van der Waals surface area contributed by atoms with Crippen LogP contribution in [0.2, 0.25) is 0 Å². The lowest BCUT2D eigenvalue weighted by Gasteiger charge is -2.12. The first-order valence-electron chi connectivity index (χ1n) is 9.99. The van der Waals surface area contributed by atoms with E-state index in [2.05, 4.69) is 20.5 Å².